The molecule has 0 amide bonds. The minimum absolute atomic E-state index is 0. The predicted molar refractivity (Wildman–Crippen MR) is 35.4 cm³/mol. The molecule has 0 aromatic rings. The molecule has 0 aromatic heterocycles. The molecule has 0 spiro atoms. The van der Waals surface area contributed by atoms with Crippen molar-refractivity contribution in [2.24, 2.45) is 0 Å². The van der Waals surface area contributed by atoms with Crippen LogP contribution >= 0.6 is 9.90 Å². The first-order valence-corrected chi connectivity index (χ1v) is 3.13. The average molecular weight is 164 g/mol. The average Bonchev–Trinajstić information content (AvgIpc) is 1.61. The van der Waals surface area contributed by atoms with Gasteiger partial charge in [-0.1, -0.05) is 0 Å². The fourth-order valence-electron chi connectivity index (χ4n) is 0.329. The Hall–Kier alpha value is 0.924. The minimum Gasteiger partial charge on any atom is -0.153 e. The minimum atomic E-state index is 0. The Balaban J connectivity index is 0. The number of hydrogen-bond acceptors (Lipinski definition) is 0. The molecule has 7 heavy (non-hydrogen) atoms. The molecule has 0 radical (unpaired) electrons. The third kappa shape index (κ3) is 10.9. The number of unbranched alkanes of at least 4 members (excludes halogenated alkanes) is 2. The molecule has 0 aromatic carbocycles. The van der Waals surface area contributed by atoms with Crippen LogP contribution in [-0.4, -0.2) is 0 Å². The Bertz CT molecular complexity index is 20.0. The fraction of sp³-hybridized carbons (Fsp3) is 1.00. The van der Waals surface area contributed by atoms with Crippen LogP contribution in [-0.2, 0) is 15.5 Å². The van der Waals surface area contributed by atoms with Crippen LogP contribution in [0.2, 0.25) is 5.39 Å². The monoisotopic (exact) mass is 163 g/mol. The van der Waals surface area contributed by atoms with Gasteiger partial charge in [-0.05, 0) is 0 Å². The first-order chi connectivity index (χ1) is 2.91. The van der Waals surface area contributed by atoms with E-state index in [2.05, 4.69) is 22.4 Å². The zero-order chi connectivity index (χ0) is 4.83. The number of rotatable bonds is 3. The van der Waals surface area contributed by atoms with Crippen LogP contribution in [0.4, 0.5) is 0 Å². The Labute approximate surface area is 57.4 Å². The SMILES string of the molecule is CCCC[CH2][Ni].P. The van der Waals surface area contributed by atoms with Gasteiger partial charge in [0.25, 0.3) is 0 Å². The second-order valence-corrected chi connectivity index (χ2v) is 1.86. The molecule has 0 N–H and O–H groups in total. The van der Waals surface area contributed by atoms with E-state index in [0.717, 1.165) is 5.39 Å². The Morgan fingerprint density at radius 2 is 1.86 bits per heavy atom. The van der Waals surface area contributed by atoms with Crippen LogP contribution < -0.4 is 0 Å². The zero-order valence-corrected chi connectivity index (χ0v) is 7.25. The van der Waals surface area contributed by atoms with Gasteiger partial charge in [0, 0.05) is 0 Å². The topological polar surface area (TPSA) is 0 Å². The van der Waals surface area contributed by atoms with Crippen LogP contribution in [0.25, 0.3) is 0 Å². The summed E-state index contributed by atoms with van der Waals surface area (Å²) in [5, 5.41) is 0.980. The van der Waals surface area contributed by atoms with Crippen molar-refractivity contribution in [2.45, 2.75) is 31.6 Å². The van der Waals surface area contributed by atoms with Crippen molar-refractivity contribution >= 4 is 9.90 Å². The maximum Gasteiger partial charge on any atom is -0.153 e. The van der Waals surface area contributed by atoms with Crippen LogP contribution in [0.5, 0.6) is 0 Å². The summed E-state index contributed by atoms with van der Waals surface area (Å²) in [6.45, 7) is 2.19. The van der Waals surface area contributed by atoms with Crippen molar-refractivity contribution < 1.29 is 15.5 Å². The summed E-state index contributed by atoms with van der Waals surface area (Å²) in [5.41, 5.74) is 0. The van der Waals surface area contributed by atoms with E-state index >= 15 is 0 Å². The van der Waals surface area contributed by atoms with E-state index in [-0.39, 0.29) is 9.90 Å². The van der Waals surface area contributed by atoms with Crippen LogP contribution in [0, 0.1) is 0 Å². The predicted octanol–water partition coefficient (Wildman–Crippen LogP) is 2.20. The largest absolute Gasteiger partial charge is 0.153 e. The first kappa shape index (κ1) is 10.8. The molecule has 2 heteroatoms. The van der Waals surface area contributed by atoms with Gasteiger partial charge in [0.2, 0.25) is 0 Å². The second kappa shape index (κ2) is 10.0. The van der Waals surface area contributed by atoms with Crippen LogP contribution in [0.1, 0.15) is 26.2 Å². The molecular weight excluding hydrogens is 150 g/mol. The molecule has 0 aliphatic carbocycles. The van der Waals surface area contributed by atoms with Crippen LogP contribution in [0.15, 0.2) is 0 Å². The van der Waals surface area contributed by atoms with E-state index in [1.165, 1.54) is 19.3 Å². The van der Waals surface area contributed by atoms with E-state index in [4.69, 9.17) is 0 Å². The maximum absolute atomic E-state index is 4.47. The van der Waals surface area contributed by atoms with E-state index in [1.807, 2.05) is 0 Å². The quantitative estimate of drug-likeness (QED) is 0.340. The molecular formula is C5H14NiP. The molecule has 0 aliphatic rings. The van der Waals surface area contributed by atoms with Gasteiger partial charge in [0.1, 0.15) is 0 Å². The van der Waals surface area contributed by atoms with Gasteiger partial charge >= 0.3 is 47.0 Å². The fourth-order valence-corrected chi connectivity index (χ4v) is 0.576. The van der Waals surface area contributed by atoms with Crippen molar-refractivity contribution in [2.75, 3.05) is 0 Å². The van der Waals surface area contributed by atoms with Crippen molar-refractivity contribution in [3.8, 4) is 0 Å². The number of hydrogen-bond donors (Lipinski definition) is 0. The van der Waals surface area contributed by atoms with Gasteiger partial charge in [-0.15, -0.1) is 0 Å². The van der Waals surface area contributed by atoms with Crippen LogP contribution in [0.3, 0.4) is 0 Å². The molecule has 0 nitrogen and oxygen atoms in total. The summed E-state index contributed by atoms with van der Waals surface area (Å²) in [7, 11) is 0. The Kier molecular flexibility index (Phi) is 15.5. The molecule has 0 rings (SSSR count). The van der Waals surface area contributed by atoms with E-state index in [9.17, 15) is 0 Å². The maximum atomic E-state index is 4.47. The molecule has 0 saturated carbocycles. The van der Waals surface area contributed by atoms with Gasteiger partial charge in [-0.3, -0.25) is 0 Å². The molecule has 0 fully saturated rings. The standard InChI is InChI=1S/C5H11.Ni.H3P/c1-3-5-4-2;;/h1,3-5H2,2H3;;1H3. The van der Waals surface area contributed by atoms with Crippen molar-refractivity contribution in [1.82, 2.24) is 0 Å². The summed E-state index contributed by atoms with van der Waals surface area (Å²) in [5.74, 6) is 0. The van der Waals surface area contributed by atoms with Gasteiger partial charge < -0.3 is 0 Å². The molecule has 49 valence electrons. The van der Waals surface area contributed by atoms with E-state index in [0.29, 0.717) is 0 Å². The smallest absolute Gasteiger partial charge is 0.153 e. The van der Waals surface area contributed by atoms with Crippen molar-refractivity contribution in [1.29, 1.82) is 0 Å². The Morgan fingerprint density at radius 1 is 1.29 bits per heavy atom. The summed E-state index contributed by atoms with van der Waals surface area (Å²) in [6, 6.07) is 0. The molecule has 0 bridgehead atoms. The molecule has 0 aliphatic heterocycles. The third-order valence-corrected chi connectivity index (χ3v) is 1.06. The van der Waals surface area contributed by atoms with Crippen molar-refractivity contribution in [3.63, 3.8) is 0 Å². The zero-order valence-electron chi connectivity index (χ0n) is 4.85. The molecule has 0 heterocycles. The summed E-state index contributed by atoms with van der Waals surface area (Å²) in [4.78, 5) is 0. The second-order valence-electron chi connectivity index (χ2n) is 1.37. The summed E-state index contributed by atoms with van der Waals surface area (Å²) >= 11 is 4.47. The summed E-state index contributed by atoms with van der Waals surface area (Å²) in [6.07, 6.45) is 3.86. The van der Waals surface area contributed by atoms with E-state index in [1.54, 1.807) is 0 Å². The van der Waals surface area contributed by atoms with Gasteiger partial charge in [-0.2, -0.15) is 9.90 Å². The molecule has 1 atom stereocenters. The van der Waals surface area contributed by atoms with E-state index < -0.39 is 0 Å². The van der Waals surface area contributed by atoms with Gasteiger partial charge in [0.15, 0.2) is 0 Å². The summed E-state index contributed by atoms with van der Waals surface area (Å²) < 4.78 is 0. The van der Waals surface area contributed by atoms with Gasteiger partial charge in [-0.25, -0.2) is 0 Å². The normalized spacial score (nSPS) is 7.86. The molecule has 0 saturated heterocycles. The Morgan fingerprint density at radius 3 is 2.00 bits per heavy atom. The van der Waals surface area contributed by atoms with Crippen molar-refractivity contribution in [3.05, 3.63) is 0 Å². The third-order valence-electron chi connectivity index (χ3n) is 0.715. The van der Waals surface area contributed by atoms with Gasteiger partial charge in [0.05, 0.1) is 0 Å². The first-order valence-electron chi connectivity index (χ1n) is 2.43. The molecule has 1 unspecified atom stereocenters.